The summed E-state index contributed by atoms with van der Waals surface area (Å²) in [5, 5.41) is 9.80. The molecule has 6 heteroatoms. The van der Waals surface area contributed by atoms with Crippen LogP contribution >= 0.6 is 23.2 Å². The molecule has 0 aliphatic carbocycles. The van der Waals surface area contributed by atoms with Crippen LogP contribution in [0, 0.1) is 5.82 Å². The monoisotopic (exact) mass is 378 g/mol. The van der Waals surface area contributed by atoms with E-state index in [0.29, 0.717) is 11.3 Å². The van der Waals surface area contributed by atoms with E-state index in [1.54, 1.807) is 36.4 Å². The van der Waals surface area contributed by atoms with Gasteiger partial charge in [-0.15, -0.1) is 0 Å². The van der Waals surface area contributed by atoms with E-state index in [2.05, 4.69) is 0 Å². The van der Waals surface area contributed by atoms with Crippen molar-refractivity contribution in [3.05, 3.63) is 82.1 Å². The fourth-order valence-corrected chi connectivity index (χ4v) is 2.76. The molecule has 0 aliphatic rings. The van der Waals surface area contributed by atoms with Gasteiger partial charge < -0.3 is 14.6 Å². The van der Waals surface area contributed by atoms with Crippen LogP contribution in [-0.4, -0.2) is 5.11 Å². The zero-order chi connectivity index (χ0) is 17.8. The second-order valence-corrected chi connectivity index (χ2v) is 6.02. The molecule has 0 radical (unpaired) electrons. The highest BCUT2D eigenvalue weighted by Gasteiger charge is 2.11. The van der Waals surface area contributed by atoms with Crippen LogP contribution in [0.25, 0.3) is 0 Å². The molecule has 0 bridgehead atoms. The van der Waals surface area contributed by atoms with Gasteiger partial charge in [0.2, 0.25) is 0 Å². The Morgan fingerprint density at radius 2 is 1.60 bits per heavy atom. The maximum atomic E-state index is 14.0. The minimum Gasteiger partial charge on any atom is -0.508 e. The van der Waals surface area contributed by atoms with Gasteiger partial charge >= 0.3 is 0 Å². The first kappa shape index (κ1) is 17.4. The minimum atomic E-state index is -0.478. The lowest BCUT2D eigenvalue weighted by atomic mass is 10.2. The highest BCUT2D eigenvalue weighted by molar-refractivity contribution is 6.37. The van der Waals surface area contributed by atoms with Gasteiger partial charge in [0.1, 0.15) is 18.1 Å². The quantitative estimate of drug-likeness (QED) is 0.573. The second kappa shape index (κ2) is 7.64. The molecule has 128 valence electrons. The molecule has 25 heavy (non-hydrogen) atoms. The Balaban J connectivity index is 1.77. The van der Waals surface area contributed by atoms with Gasteiger partial charge in [-0.05, 0) is 29.8 Å². The number of rotatable bonds is 5. The Kier molecular flexibility index (Phi) is 5.31. The molecule has 0 heterocycles. The average molecular weight is 379 g/mol. The predicted octanol–water partition coefficient (Wildman–Crippen LogP) is 6.21. The van der Waals surface area contributed by atoms with Crippen molar-refractivity contribution in [3.8, 4) is 23.0 Å². The zero-order valence-electron chi connectivity index (χ0n) is 12.9. The highest BCUT2D eigenvalue weighted by Crippen LogP contribution is 2.37. The van der Waals surface area contributed by atoms with Gasteiger partial charge in [-0.1, -0.05) is 47.5 Å². The van der Waals surface area contributed by atoms with E-state index in [0.717, 1.165) is 0 Å². The van der Waals surface area contributed by atoms with E-state index >= 15 is 0 Å². The van der Waals surface area contributed by atoms with Crippen LogP contribution in [0.1, 0.15) is 5.56 Å². The average Bonchev–Trinajstić information content (AvgIpc) is 2.57. The Morgan fingerprint density at radius 1 is 0.920 bits per heavy atom. The van der Waals surface area contributed by atoms with E-state index in [1.165, 1.54) is 18.2 Å². The summed E-state index contributed by atoms with van der Waals surface area (Å²) in [5.41, 5.74) is 0.674. The number of phenols is 1. The maximum Gasteiger partial charge on any atom is 0.165 e. The highest BCUT2D eigenvalue weighted by atomic mass is 35.5. The van der Waals surface area contributed by atoms with Gasteiger partial charge in [0.05, 0.1) is 10.0 Å². The Bertz CT molecular complexity index is 862. The lowest BCUT2D eigenvalue weighted by molar-refractivity contribution is 0.305. The number of hydrogen-bond donors (Lipinski definition) is 1. The van der Waals surface area contributed by atoms with Gasteiger partial charge in [-0.3, -0.25) is 0 Å². The van der Waals surface area contributed by atoms with E-state index < -0.39 is 5.82 Å². The lowest BCUT2D eigenvalue weighted by Crippen LogP contribution is -1.98. The van der Waals surface area contributed by atoms with Crippen LogP contribution in [0.2, 0.25) is 10.0 Å². The van der Waals surface area contributed by atoms with Gasteiger partial charge in [0.15, 0.2) is 17.3 Å². The molecule has 0 spiro atoms. The third kappa shape index (κ3) is 4.35. The van der Waals surface area contributed by atoms with Gasteiger partial charge in [-0.25, -0.2) is 4.39 Å². The molecule has 0 aliphatic heterocycles. The van der Waals surface area contributed by atoms with Crippen molar-refractivity contribution in [2.45, 2.75) is 6.61 Å². The summed E-state index contributed by atoms with van der Waals surface area (Å²) >= 11 is 12.0. The second-order valence-electron chi connectivity index (χ2n) is 5.21. The van der Waals surface area contributed by atoms with Crippen LogP contribution in [0.3, 0.4) is 0 Å². The number of ether oxygens (including phenoxy) is 2. The molecule has 3 aromatic carbocycles. The first-order valence-corrected chi connectivity index (χ1v) is 8.10. The number of hydrogen-bond acceptors (Lipinski definition) is 3. The van der Waals surface area contributed by atoms with Crippen LogP contribution < -0.4 is 9.47 Å². The van der Waals surface area contributed by atoms with Crippen LogP contribution in [0.15, 0.2) is 60.7 Å². The van der Waals surface area contributed by atoms with Crippen molar-refractivity contribution in [2.75, 3.05) is 0 Å². The summed E-state index contributed by atoms with van der Waals surface area (Å²) in [6.45, 7) is 0.107. The first-order chi connectivity index (χ1) is 12.0. The Hall–Kier alpha value is -2.43. The first-order valence-electron chi connectivity index (χ1n) is 7.35. The maximum absolute atomic E-state index is 14.0. The molecular formula is C19H13Cl2FO3. The van der Waals surface area contributed by atoms with Gasteiger partial charge in [0, 0.05) is 12.1 Å². The van der Waals surface area contributed by atoms with Gasteiger partial charge in [-0.2, -0.15) is 0 Å². The number of aromatic hydroxyl groups is 1. The lowest BCUT2D eigenvalue weighted by Gasteiger charge is -2.12. The predicted molar refractivity (Wildman–Crippen MR) is 95.4 cm³/mol. The molecule has 0 saturated carbocycles. The number of halogens is 3. The third-order valence-corrected chi connectivity index (χ3v) is 3.89. The molecule has 3 rings (SSSR count). The number of benzene rings is 3. The summed E-state index contributed by atoms with van der Waals surface area (Å²) in [5.74, 6) is 0.339. The molecule has 0 amide bonds. The van der Waals surface area contributed by atoms with E-state index in [1.807, 2.05) is 6.07 Å². The largest absolute Gasteiger partial charge is 0.508 e. The van der Waals surface area contributed by atoms with Crippen molar-refractivity contribution < 1.29 is 19.0 Å². The molecular weight excluding hydrogens is 366 g/mol. The Labute approximate surface area is 154 Å². The number of para-hydroxylation sites is 1. The molecule has 0 fully saturated rings. The molecule has 3 aromatic rings. The standard InChI is InChI=1S/C19H13Cl2FO3/c20-15-9-13(23)10-16(21)19(15)24-11-12-6-7-17(22)18(8-12)25-14-4-2-1-3-5-14/h1-10,23H,11H2. The fraction of sp³-hybridized carbons (Fsp3) is 0.0526. The summed E-state index contributed by atoms with van der Waals surface area (Å²) in [7, 11) is 0. The summed E-state index contributed by atoms with van der Waals surface area (Å²) < 4.78 is 25.1. The van der Waals surface area contributed by atoms with Crippen molar-refractivity contribution in [1.29, 1.82) is 0 Å². The smallest absolute Gasteiger partial charge is 0.165 e. The molecule has 3 nitrogen and oxygen atoms in total. The SMILES string of the molecule is Oc1cc(Cl)c(OCc2ccc(F)c(Oc3ccccc3)c2)c(Cl)c1. The molecule has 0 aromatic heterocycles. The third-order valence-electron chi connectivity index (χ3n) is 3.33. The van der Waals surface area contributed by atoms with Crippen molar-refractivity contribution in [1.82, 2.24) is 0 Å². The zero-order valence-corrected chi connectivity index (χ0v) is 14.4. The number of phenolic OH excluding ortho intramolecular Hbond substituents is 1. The Morgan fingerprint density at radius 3 is 2.28 bits per heavy atom. The van der Waals surface area contributed by atoms with Crippen molar-refractivity contribution in [2.24, 2.45) is 0 Å². The minimum absolute atomic E-state index is 0.0531. The van der Waals surface area contributed by atoms with Crippen LogP contribution in [0.4, 0.5) is 4.39 Å². The van der Waals surface area contributed by atoms with Gasteiger partial charge in [0.25, 0.3) is 0 Å². The van der Waals surface area contributed by atoms with E-state index in [9.17, 15) is 9.50 Å². The summed E-state index contributed by atoms with van der Waals surface area (Å²) in [6, 6.07) is 16.0. The molecule has 0 unspecified atom stereocenters. The topological polar surface area (TPSA) is 38.7 Å². The van der Waals surface area contributed by atoms with Crippen molar-refractivity contribution in [3.63, 3.8) is 0 Å². The van der Waals surface area contributed by atoms with Crippen molar-refractivity contribution >= 4 is 23.2 Å². The van der Waals surface area contributed by atoms with Crippen LogP contribution in [0.5, 0.6) is 23.0 Å². The van der Waals surface area contributed by atoms with E-state index in [-0.39, 0.29) is 33.9 Å². The molecule has 0 atom stereocenters. The normalized spacial score (nSPS) is 10.5. The summed E-state index contributed by atoms with van der Waals surface area (Å²) in [4.78, 5) is 0. The summed E-state index contributed by atoms with van der Waals surface area (Å²) in [6.07, 6.45) is 0. The molecule has 0 saturated heterocycles. The van der Waals surface area contributed by atoms with E-state index in [4.69, 9.17) is 32.7 Å². The molecule has 1 N–H and O–H groups in total. The fourth-order valence-electron chi connectivity index (χ4n) is 2.17. The van der Waals surface area contributed by atoms with Crippen LogP contribution in [-0.2, 0) is 6.61 Å².